The first-order valence-electron chi connectivity index (χ1n) is 12.1. The summed E-state index contributed by atoms with van der Waals surface area (Å²) in [4.78, 5) is 30.8. The molecule has 1 saturated heterocycles. The predicted octanol–water partition coefficient (Wildman–Crippen LogP) is 2.68. The fourth-order valence-corrected chi connectivity index (χ4v) is 6.15. The molecule has 7 nitrogen and oxygen atoms in total. The molecule has 6 rings (SSSR count). The Hall–Kier alpha value is -3.26. The molecule has 8 heteroatoms. The molecule has 0 spiro atoms. The highest BCUT2D eigenvalue weighted by atomic mass is 79.9. The Morgan fingerprint density at radius 2 is 1.97 bits per heavy atom. The molecule has 1 atom stereocenters. The Bertz CT molecular complexity index is 1490. The number of amides is 1. The zero-order valence-electron chi connectivity index (χ0n) is 19.3. The third-order valence-electron chi connectivity index (χ3n) is 7.43. The van der Waals surface area contributed by atoms with Crippen molar-refractivity contribution in [3.8, 4) is 0 Å². The normalized spacial score (nSPS) is 19.3. The molecular weight excluding hydrogens is 508 g/mol. The van der Waals surface area contributed by atoms with Gasteiger partial charge in [-0.1, -0.05) is 18.2 Å². The van der Waals surface area contributed by atoms with Crippen LogP contribution in [0, 0.1) is 5.92 Å². The summed E-state index contributed by atoms with van der Waals surface area (Å²) in [6.45, 7) is 1.88. The minimum absolute atomic E-state index is 0.0145. The zero-order valence-corrected chi connectivity index (χ0v) is 20.9. The number of H-pyrrole nitrogens is 1. The van der Waals surface area contributed by atoms with Crippen molar-refractivity contribution in [1.82, 2.24) is 15.3 Å². The van der Waals surface area contributed by atoms with Crippen molar-refractivity contribution in [3.63, 3.8) is 0 Å². The van der Waals surface area contributed by atoms with Crippen LogP contribution in [0.4, 0.5) is 5.69 Å². The highest BCUT2D eigenvalue weighted by Crippen LogP contribution is 2.29. The Kier molecular flexibility index (Phi) is 5.76. The number of aromatic nitrogens is 1. The number of halogens is 1. The van der Waals surface area contributed by atoms with Crippen molar-refractivity contribution >= 4 is 50.9 Å². The van der Waals surface area contributed by atoms with E-state index in [1.165, 1.54) is 5.56 Å². The van der Waals surface area contributed by atoms with E-state index < -0.39 is 0 Å². The molecule has 3 aliphatic heterocycles. The van der Waals surface area contributed by atoms with Gasteiger partial charge in [-0.15, -0.1) is 0 Å². The average molecular weight is 535 g/mol. The molecule has 4 heterocycles. The fraction of sp³-hybridized carbons (Fsp3) is 0.333. The number of hydrazine groups is 1. The van der Waals surface area contributed by atoms with E-state index in [9.17, 15) is 9.59 Å². The van der Waals surface area contributed by atoms with Gasteiger partial charge in [-0.05, 0) is 70.3 Å². The van der Waals surface area contributed by atoms with Gasteiger partial charge in [0.15, 0.2) is 0 Å². The molecule has 1 fully saturated rings. The molecule has 35 heavy (non-hydrogen) atoms. The second-order valence-corrected chi connectivity index (χ2v) is 10.5. The van der Waals surface area contributed by atoms with Crippen molar-refractivity contribution in [2.75, 3.05) is 25.1 Å². The summed E-state index contributed by atoms with van der Waals surface area (Å²) in [5, 5.41) is 3.19. The van der Waals surface area contributed by atoms with Gasteiger partial charge >= 0.3 is 0 Å². The van der Waals surface area contributed by atoms with Crippen molar-refractivity contribution < 1.29 is 9.53 Å². The molecule has 2 aromatic carbocycles. The molecule has 0 saturated carbocycles. The van der Waals surface area contributed by atoms with Gasteiger partial charge in [0, 0.05) is 57.6 Å². The lowest BCUT2D eigenvalue weighted by Gasteiger charge is -2.33. The summed E-state index contributed by atoms with van der Waals surface area (Å²) in [5.41, 5.74) is 10.1. The number of fused-ring (bicyclic) bond motifs is 4. The van der Waals surface area contributed by atoms with Gasteiger partial charge in [0.1, 0.15) is 0 Å². The van der Waals surface area contributed by atoms with Crippen molar-refractivity contribution in [3.05, 3.63) is 72.8 Å². The van der Waals surface area contributed by atoms with Crippen LogP contribution in [0.2, 0.25) is 0 Å². The molecular formula is C27H27BrN4O3. The fourth-order valence-electron chi connectivity index (χ4n) is 5.56. The number of nitrogens with zero attached hydrogens (tertiary/aromatic N) is 1. The summed E-state index contributed by atoms with van der Waals surface area (Å²) < 4.78 is 6.88. The number of benzene rings is 2. The van der Waals surface area contributed by atoms with Gasteiger partial charge in [-0.3, -0.25) is 15.0 Å². The third-order valence-corrected chi connectivity index (χ3v) is 8.06. The lowest BCUT2D eigenvalue weighted by Crippen LogP contribution is -2.40. The highest BCUT2D eigenvalue weighted by molar-refractivity contribution is 9.10. The Morgan fingerprint density at radius 3 is 2.83 bits per heavy atom. The number of nitrogens with one attached hydrogen (secondary N) is 3. The molecule has 3 aromatic rings. The molecule has 1 amide bonds. The second kappa shape index (κ2) is 9.07. The van der Waals surface area contributed by atoms with E-state index in [1.54, 1.807) is 0 Å². The second-order valence-electron chi connectivity index (χ2n) is 9.66. The van der Waals surface area contributed by atoms with Crippen molar-refractivity contribution in [1.29, 1.82) is 0 Å². The van der Waals surface area contributed by atoms with Crippen LogP contribution in [0.3, 0.4) is 0 Å². The van der Waals surface area contributed by atoms with Crippen LogP contribution in [-0.4, -0.2) is 35.5 Å². The molecule has 1 aromatic heterocycles. The standard InChI is InChI=1S/C27H27BrN4O3/c28-23-12-19-9-16(14-35-15-22(19)21-13-29-31-26(21)23)10-25(33)32-7-5-17(6-8-32)20-11-18-3-1-2-4-24(18)30-27(20)34/h1-4,11-13,15-17,29,31H,5-10,14H2,(H,30,34)/t16-/m0/s1. The number of hydrogen-bond acceptors (Lipinski definition) is 5. The maximum atomic E-state index is 13.2. The Labute approximate surface area is 211 Å². The number of piperidine rings is 1. The lowest BCUT2D eigenvalue weighted by molar-refractivity contribution is -0.133. The van der Waals surface area contributed by atoms with Crippen LogP contribution >= 0.6 is 15.9 Å². The minimum atomic E-state index is -0.0145. The summed E-state index contributed by atoms with van der Waals surface area (Å²) in [6.07, 6.45) is 6.63. The Balaban J connectivity index is 1.12. The van der Waals surface area contributed by atoms with E-state index in [1.807, 2.05) is 47.7 Å². The summed E-state index contributed by atoms with van der Waals surface area (Å²) in [7, 11) is 0. The summed E-state index contributed by atoms with van der Waals surface area (Å²) in [5.74, 6) is 0.462. The van der Waals surface area contributed by atoms with Crippen LogP contribution in [0.25, 0.3) is 23.4 Å². The van der Waals surface area contributed by atoms with E-state index >= 15 is 0 Å². The van der Waals surface area contributed by atoms with E-state index in [2.05, 4.69) is 37.8 Å². The maximum absolute atomic E-state index is 13.2. The molecule has 3 N–H and O–H groups in total. The van der Waals surface area contributed by atoms with Gasteiger partial charge in [-0.25, -0.2) is 0 Å². The van der Waals surface area contributed by atoms with E-state index in [0.717, 1.165) is 56.3 Å². The van der Waals surface area contributed by atoms with E-state index in [4.69, 9.17) is 4.74 Å². The lowest BCUT2D eigenvalue weighted by atomic mass is 9.89. The van der Waals surface area contributed by atoms with Crippen LogP contribution in [0.15, 0.2) is 45.7 Å². The topological polar surface area (TPSA) is 86.5 Å². The van der Waals surface area contributed by atoms with Gasteiger partial charge in [0.05, 0.1) is 18.6 Å². The zero-order chi connectivity index (χ0) is 23.9. The first-order chi connectivity index (χ1) is 17.1. The number of pyridine rings is 1. The number of rotatable bonds is 3. The van der Waals surface area contributed by atoms with Gasteiger partial charge in [-0.2, -0.15) is 0 Å². The largest absolute Gasteiger partial charge is 0.500 e. The van der Waals surface area contributed by atoms with Crippen LogP contribution in [-0.2, 0) is 16.0 Å². The molecule has 0 aliphatic carbocycles. The molecule has 0 unspecified atom stereocenters. The number of likely N-dealkylation sites (tertiary alicyclic amines) is 1. The highest BCUT2D eigenvalue weighted by Gasteiger charge is 2.28. The number of hydrogen-bond donors (Lipinski definition) is 3. The smallest absolute Gasteiger partial charge is 0.251 e. The predicted molar refractivity (Wildman–Crippen MR) is 140 cm³/mol. The van der Waals surface area contributed by atoms with Crippen molar-refractivity contribution in [2.45, 2.75) is 31.6 Å². The minimum Gasteiger partial charge on any atom is -0.500 e. The van der Waals surface area contributed by atoms with Gasteiger partial charge < -0.3 is 20.0 Å². The third kappa shape index (κ3) is 4.20. The number of aromatic amines is 1. The molecule has 180 valence electrons. The number of carbonyl (C=O) groups excluding carboxylic acids is 1. The van der Waals surface area contributed by atoms with Crippen LogP contribution in [0.5, 0.6) is 0 Å². The number of anilines is 1. The number of ether oxygens (including phenoxy) is 1. The first kappa shape index (κ1) is 22.2. The first-order valence-corrected chi connectivity index (χ1v) is 12.9. The quantitative estimate of drug-likeness (QED) is 0.481. The number of carbonyl (C=O) groups is 1. The molecule has 3 aliphatic rings. The average Bonchev–Trinajstić information content (AvgIpc) is 3.28. The maximum Gasteiger partial charge on any atom is 0.251 e. The van der Waals surface area contributed by atoms with Crippen molar-refractivity contribution in [2.24, 2.45) is 5.92 Å². The monoisotopic (exact) mass is 534 g/mol. The van der Waals surface area contributed by atoms with E-state index in [-0.39, 0.29) is 23.3 Å². The molecule has 0 bridgehead atoms. The Morgan fingerprint density at radius 1 is 1.14 bits per heavy atom. The number of para-hydroxylation sites is 1. The summed E-state index contributed by atoms with van der Waals surface area (Å²) in [6, 6.07) is 12.0. The molecule has 0 radical (unpaired) electrons. The van der Waals surface area contributed by atoms with Gasteiger partial charge in [0.25, 0.3) is 5.56 Å². The van der Waals surface area contributed by atoms with E-state index in [0.29, 0.717) is 26.1 Å². The van der Waals surface area contributed by atoms with Crippen LogP contribution < -0.4 is 26.8 Å². The SMILES string of the molecule is O=C(C[C@H]1COC=c2c(cc(Br)c3c2=CNN3)C1)N1CCC(c2cc3ccccc3[nH]c2=O)CC1. The van der Waals surface area contributed by atoms with Crippen LogP contribution in [0.1, 0.15) is 36.3 Å². The summed E-state index contributed by atoms with van der Waals surface area (Å²) >= 11 is 3.65. The van der Waals surface area contributed by atoms with Gasteiger partial charge in [0.2, 0.25) is 5.91 Å².